The number of hydrogen-bond acceptors (Lipinski definition) is 3. The molecule has 1 heterocycles. The van der Waals surface area contributed by atoms with Gasteiger partial charge in [0.15, 0.2) is 0 Å². The minimum atomic E-state index is -4.40. The maximum Gasteiger partial charge on any atom is 0.416 e. The SMILES string of the molecule is COC(=O)c1cc(Cc2ccc(C(F)(F)F)cc2)c(=O)[nH]c1C. The summed E-state index contributed by atoms with van der Waals surface area (Å²) in [6.45, 7) is 1.57. The number of nitrogens with one attached hydrogen (secondary N) is 1. The summed E-state index contributed by atoms with van der Waals surface area (Å²) in [5.74, 6) is -0.590. The lowest BCUT2D eigenvalue weighted by molar-refractivity contribution is -0.137. The molecule has 4 nitrogen and oxygen atoms in total. The van der Waals surface area contributed by atoms with Crippen molar-refractivity contribution in [1.29, 1.82) is 0 Å². The van der Waals surface area contributed by atoms with E-state index in [4.69, 9.17) is 0 Å². The van der Waals surface area contributed by atoms with Crippen LogP contribution in [0, 0.1) is 6.92 Å². The van der Waals surface area contributed by atoms with Crippen molar-refractivity contribution in [2.75, 3.05) is 7.11 Å². The molecule has 23 heavy (non-hydrogen) atoms. The number of benzene rings is 1. The summed E-state index contributed by atoms with van der Waals surface area (Å²) in [6.07, 6.45) is -4.30. The number of H-pyrrole nitrogens is 1. The molecule has 1 aromatic carbocycles. The van der Waals surface area contributed by atoms with E-state index >= 15 is 0 Å². The second kappa shape index (κ2) is 6.28. The number of aryl methyl sites for hydroxylation is 1. The second-order valence-corrected chi connectivity index (χ2v) is 5.03. The molecule has 0 amide bonds. The van der Waals surface area contributed by atoms with E-state index in [-0.39, 0.29) is 17.5 Å². The summed E-state index contributed by atoms with van der Waals surface area (Å²) < 4.78 is 42.2. The van der Waals surface area contributed by atoms with Crippen LogP contribution in [0.2, 0.25) is 0 Å². The topological polar surface area (TPSA) is 59.2 Å². The smallest absolute Gasteiger partial charge is 0.416 e. The Bertz CT molecular complexity index is 777. The monoisotopic (exact) mass is 325 g/mol. The number of methoxy groups -OCH3 is 1. The van der Waals surface area contributed by atoms with E-state index in [1.807, 2.05) is 0 Å². The summed E-state index contributed by atoms with van der Waals surface area (Å²) in [5, 5.41) is 0. The third-order valence-electron chi connectivity index (χ3n) is 3.40. The normalized spacial score (nSPS) is 11.3. The van der Waals surface area contributed by atoms with Gasteiger partial charge in [-0.25, -0.2) is 4.79 Å². The first-order valence-corrected chi connectivity index (χ1v) is 6.69. The zero-order chi connectivity index (χ0) is 17.2. The molecule has 0 unspecified atom stereocenters. The lowest BCUT2D eigenvalue weighted by Gasteiger charge is -2.09. The van der Waals surface area contributed by atoms with E-state index < -0.39 is 23.3 Å². The molecule has 1 aromatic heterocycles. The number of carbonyl (C=O) groups is 1. The van der Waals surface area contributed by atoms with Gasteiger partial charge in [0, 0.05) is 17.7 Å². The minimum absolute atomic E-state index is 0.109. The van der Waals surface area contributed by atoms with Gasteiger partial charge in [-0.2, -0.15) is 13.2 Å². The van der Waals surface area contributed by atoms with Crippen molar-refractivity contribution in [1.82, 2.24) is 4.98 Å². The Kier molecular flexibility index (Phi) is 4.58. The standard InChI is InChI=1S/C16H14F3NO3/c1-9-13(15(22)23-2)8-11(14(21)20-9)7-10-3-5-12(6-4-10)16(17,18)19/h3-6,8H,7H2,1-2H3,(H,20,21). The molecule has 122 valence electrons. The Morgan fingerprint density at radius 2 is 1.83 bits per heavy atom. The van der Waals surface area contributed by atoms with Crippen LogP contribution in [-0.4, -0.2) is 18.1 Å². The van der Waals surface area contributed by atoms with Crippen LogP contribution in [0.25, 0.3) is 0 Å². The summed E-state index contributed by atoms with van der Waals surface area (Å²) in [7, 11) is 1.22. The molecule has 0 aliphatic heterocycles. The lowest BCUT2D eigenvalue weighted by Crippen LogP contribution is -2.18. The van der Waals surface area contributed by atoms with Crippen molar-refractivity contribution < 1.29 is 22.7 Å². The number of ether oxygens (including phenoxy) is 1. The Labute approximate surface area is 129 Å². The third-order valence-corrected chi connectivity index (χ3v) is 3.40. The molecule has 0 atom stereocenters. The van der Waals surface area contributed by atoms with Gasteiger partial charge in [0.05, 0.1) is 18.2 Å². The number of aromatic amines is 1. The molecular weight excluding hydrogens is 311 g/mol. The Hall–Kier alpha value is -2.57. The van der Waals surface area contributed by atoms with Crippen molar-refractivity contribution >= 4 is 5.97 Å². The first-order chi connectivity index (χ1) is 10.7. The molecule has 0 fully saturated rings. The summed E-state index contributed by atoms with van der Waals surface area (Å²) >= 11 is 0. The van der Waals surface area contributed by atoms with E-state index in [9.17, 15) is 22.8 Å². The highest BCUT2D eigenvalue weighted by molar-refractivity contribution is 5.90. The molecule has 2 aromatic rings. The average Bonchev–Trinajstić information content (AvgIpc) is 2.49. The first-order valence-electron chi connectivity index (χ1n) is 6.69. The molecule has 0 bridgehead atoms. The highest BCUT2D eigenvalue weighted by atomic mass is 19.4. The Morgan fingerprint density at radius 3 is 2.35 bits per heavy atom. The highest BCUT2D eigenvalue weighted by Crippen LogP contribution is 2.29. The molecule has 0 saturated carbocycles. The molecule has 0 aliphatic rings. The number of esters is 1. The van der Waals surface area contributed by atoms with Crippen LogP contribution in [-0.2, 0) is 17.3 Å². The largest absolute Gasteiger partial charge is 0.465 e. The van der Waals surface area contributed by atoms with Gasteiger partial charge in [-0.05, 0) is 30.7 Å². The first kappa shape index (κ1) is 16.8. The Morgan fingerprint density at radius 1 is 1.22 bits per heavy atom. The minimum Gasteiger partial charge on any atom is -0.465 e. The van der Waals surface area contributed by atoms with Crippen molar-refractivity contribution in [3.63, 3.8) is 0 Å². The van der Waals surface area contributed by atoms with Gasteiger partial charge in [0.25, 0.3) is 5.56 Å². The number of carbonyl (C=O) groups excluding carboxylic acids is 1. The van der Waals surface area contributed by atoms with E-state index in [2.05, 4.69) is 9.72 Å². The number of halogens is 3. The van der Waals surface area contributed by atoms with Crippen LogP contribution < -0.4 is 5.56 Å². The van der Waals surface area contributed by atoms with E-state index in [0.29, 0.717) is 11.3 Å². The van der Waals surface area contributed by atoms with Crippen LogP contribution in [0.3, 0.4) is 0 Å². The van der Waals surface area contributed by atoms with Gasteiger partial charge in [-0.3, -0.25) is 4.79 Å². The second-order valence-electron chi connectivity index (χ2n) is 5.03. The fourth-order valence-corrected chi connectivity index (χ4v) is 2.15. The van der Waals surface area contributed by atoms with Crippen LogP contribution >= 0.6 is 0 Å². The van der Waals surface area contributed by atoms with Gasteiger partial charge < -0.3 is 9.72 Å². The number of rotatable bonds is 3. The highest BCUT2D eigenvalue weighted by Gasteiger charge is 2.29. The average molecular weight is 325 g/mol. The van der Waals surface area contributed by atoms with Gasteiger partial charge in [0.1, 0.15) is 0 Å². The van der Waals surface area contributed by atoms with Crippen molar-refractivity contribution in [2.24, 2.45) is 0 Å². The number of hydrogen-bond donors (Lipinski definition) is 1. The molecule has 7 heteroatoms. The maximum atomic E-state index is 12.5. The van der Waals surface area contributed by atoms with Gasteiger partial charge in [0.2, 0.25) is 0 Å². The van der Waals surface area contributed by atoms with Crippen molar-refractivity contribution in [3.8, 4) is 0 Å². The molecular formula is C16H14F3NO3. The zero-order valence-corrected chi connectivity index (χ0v) is 12.5. The molecule has 0 radical (unpaired) electrons. The van der Waals surface area contributed by atoms with Crippen LogP contribution in [0.5, 0.6) is 0 Å². The van der Waals surface area contributed by atoms with E-state index in [1.165, 1.54) is 25.3 Å². The predicted molar refractivity (Wildman–Crippen MR) is 77.4 cm³/mol. The lowest BCUT2D eigenvalue weighted by atomic mass is 10.0. The molecule has 0 spiro atoms. The molecule has 2 rings (SSSR count). The van der Waals surface area contributed by atoms with Gasteiger partial charge >= 0.3 is 12.1 Å². The molecule has 1 N–H and O–H groups in total. The van der Waals surface area contributed by atoms with Crippen molar-refractivity contribution in [2.45, 2.75) is 19.5 Å². The number of pyridine rings is 1. The van der Waals surface area contributed by atoms with E-state index in [0.717, 1.165) is 12.1 Å². The summed E-state index contributed by atoms with van der Waals surface area (Å²) in [5.41, 5.74) is 0.246. The van der Waals surface area contributed by atoms with Crippen LogP contribution in [0.1, 0.15) is 32.7 Å². The quantitative estimate of drug-likeness (QED) is 0.882. The van der Waals surface area contributed by atoms with Crippen LogP contribution in [0.4, 0.5) is 13.2 Å². The Balaban J connectivity index is 2.33. The maximum absolute atomic E-state index is 12.5. The summed E-state index contributed by atoms with van der Waals surface area (Å²) in [4.78, 5) is 26.1. The van der Waals surface area contributed by atoms with Gasteiger partial charge in [-0.1, -0.05) is 12.1 Å². The van der Waals surface area contributed by atoms with Crippen LogP contribution in [0.15, 0.2) is 35.1 Å². The number of alkyl halides is 3. The van der Waals surface area contributed by atoms with E-state index in [1.54, 1.807) is 6.92 Å². The molecule has 0 aliphatic carbocycles. The summed E-state index contributed by atoms with van der Waals surface area (Å²) in [6, 6.07) is 5.93. The fourth-order valence-electron chi connectivity index (χ4n) is 2.15. The molecule has 0 saturated heterocycles. The van der Waals surface area contributed by atoms with Crippen molar-refractivity contribution in [3.05, 3.63) is 68.6 Å². The number of aromatic nitrogens is 1. The zero-order valence-electron chi connectivity index (χ0n) is 12.5. The van der Waals surface area contributed by atoms with Gasteiger partial charge in [-0.15, -0.1) is 0 Å². The third kappa shape index (κ3) is 3.80. The fraction of sp³-hybridized carbons (Fsp3) is 0.250. The predicted octanol–water partition coefficient (Wildman–Crippen LogP) is 3.08.